The van der Waals surface area contributed by atoms with E-state index in [1.165, 1.54) is 11.6 Å². The van der Waals surface area contributed by atoms with Gasteiger partial charge in [0.05, 0.1) is 11.0 Å². The van der Waals surface area contributed by atoms with Crippen LogP contribution in [0.2, 0.25) is 0 Å². The molecule has 0 radical (unpaired) electrons. The Kier molecular flexibility index (Phi) is 4.87. The number of hydrogen-bond acceptors (Lipinski definition) is 4. The van der Waals surface area contributed by atoms with E-state index in [0.29, 0.717) is 17.8 Å². The molecule has 0 saturated carbocycles. The Balaban J connectivity index is 1.96. The maximum absolute atomic E-state index is 12.9. The second kappa shape index (κ2) is 7.36. The smallest absolute Gasteiger partial charge is 0.332 e. The Morgan fingerprint density at radius 3 is 2.38 bits per heavy atom. The van der Waals surface area contributed by atoms with Crippen LogP contribution in [0.15, 0.2) is 62.6 Å². The van der Waals surface area contributed by atoms with E-state index in [1.807, 2.05) is 49.4 Å². The molecule has 7 nitrogen and oxygen atoms in total. The van der Waals surface area contributed by atoms with E-state index < -0.39 is 11.2 Å². The van der Waals surface area contributed by atoms with Crippen molar-refractivity contribution in [2.45, 2.75) is 13.5 Å². The zero-order valence-electron chi connectivity index (χ0n) is 16.2. The van der Waals surface area contributed by atoms with Gasteiger partial charge in [-0.25, -0.2) is 4.79 Å². The number of nitrogens with zero attached hydrogens (tertiary/aromatic N) is 4. The van der Waals surface area contributed by atoms with Crippen molar-refractivity contribution in [2.24, 2.45) is 14.1 Å². The molecule has 0 aliphatic heterocycles. The Morgan fingerprint density at radius 2 is 1.69 bits per heavy atom. The van der Waals surface area contributed by atoms with Gasteiger partial charge in [0, 0.05) is 14.1 Å². The van der Waals surface area contributed by atoms with Gasteiger partial charge in [-0.15, -0.1) is 0 Å². The van der Waals surface area contributed by atoms with Crippen molar-refractivity contribution in [1.82, 2.24) is 18.7 Å². The molecule has 2 aromatic heterocycles. The van der Waals surface area contributed by atoms with Crippen LogP contribution in [0.5, 0.6) is 11.8 Å². The third-order valence-corrected chi connectivity index (χ3v) is 5.47. The minimum absolute atomic E-state index is 0.241. The molecule has 29 heavy (non-hydrogen) atoms. The maximum atomic E-state index is 12.9. The fourth-order valence-electron chi connectivity index (χ4n) is 3.15. The van der Waals surface area contributed by atoms with E-state index >= 15 is 0 Å². The van der Waals surface area contributed by atoms with Crippen LogP contribution in [0, 0.1) is 6.92 Å². The average molecular weight is 455 g/mol. The number of aromatic nitrogens is 4. The molecule has 4 aromatic rings. The molecule has 0 N–H and O–H groups in total. The summed E-state index contributed by atoms with van der Waals surface area (Å²) in [6.07, 6.45) is 0. The second-order valence-corrected chi connectivity index (χ2v) is 7.73. The molecule has 8 heteroatoms. The Labute approximate surface area is 174 Å². The summed E-state index contributed by atoms with van der Waals surface area (Å²) in [4.78, 5) is 29.8. The summed E-state index contributed by atoms with van der Waals surface area (Å²) >= 11 is 3.47. The molecule has 0 saturated heterocycles. The van der Waals surface area contributed by atoms with Crippen molar-refractivity contribution in [3.8, 4) is 11.8 Å². The van der Waals surface area contributed by atoms with Crippen LogP contribution >= 0.6 is 15.9 Å². The molecule has 0 aliphatic rings. The molecule has 2 aromatic carbocycles. The van der Waals surface area contributed by atoms with Gasteiger partial charge in [0.25, 0.3) is 5.56 Å². The number of imidazole rings is 1. The lowest BCUT2D eigenvalue weighted by Crippen LogP contribution is -2.37. The highest BCUT2D eigenvalue weighted by Gasteiger charge is 2.21. The summed E-state index contributed by atoms with van der Waals surface area (Å²) < 4.78 is 11.0. The minimum Gasteiger partial charge on any atom is -0.424 e. The molecule has 0 bridgehead atoms. The Bertz CT molecular complexity index is 1330. The van der Waals surface area contributed by atoms with Gasteiger partial charge in [-0.3, -0.25) is 18.5 Å². The largest absolute Gasteiger partial charge is 0.424 e. The van der Waals surface area contributed by atoms with Crippen molar-refractivity contribution < 1.29 is 4.74 Å². The van der Waals surface area contributed by atoms with Crippen LogP contribution in [0.1, 0.15) is 11.1 Å². The van der Waals surface area contributed by atoms with Gasteiger partial charge >= 0.3 is 11.7 Å². The molecule has 0 atom stereocenters. The Morgan fingerprint density at radius 1 is 1.00 bits per heavy atom. The molecule has 4 rings (SSSR count). The molecular weight excluding hydrogens is 436 g/mol. The number of fused-ring (bicyclic) bond motifs is 1. The molecular formula is C21H19BrN4O3. The van der Waals surface area contributed by atoms with E-state index in [-0.39, 0.29) is 11.7 Å². The highest BCUT2D eigenvalue weighted by Crippen LogP contribution is 2.30. The van der Waals surface area contributed by atoms with Gasteiger partial charge in [-0.1, -0.05) is 42.0 Å². The fourth-order valence-corrected chi connectivity index (χ4v) is 3.52. The van der Waals surface area contributed by atoms with Crippen LogP contribution < -0.4 is 16.0 Å². The van der Waals surface area contributed by atoms with Crippen molar-refractivity contribution in [2.75, 3.05) is 0 Å². The van der Waals surface area contributed by atoms with E-state index in [2.05, 4.69) is 20.9 Å². The summed E-state index contributed by atoms with van der Waals surface area (Å²) in [5.74, 6) is 0.565. The minimum atomic E-state index is -0.435. The van der Waals surface area contributed by atoms with E-state index in [4.69, 9.17) is 4.74 Å². The lowest BCUT2D eigenvalue weighted by atomic mass is 10.1. The van der Waals surface area contributed by atoms with Crippen molar-refractivity contribution >= 4 is 27.1 Å². The van der Waals surface area contributed by atoms with Gasteiger partial charge in [-0.05, 0) is 40.5 Å². The standard InChI is InChI=1S/C21H19BrN4O3/c1-13-8-10-14(11-9-13)12-26-17-18(24(2)21(28)25(3)19(17)27)23-20(26)29-16-7-5-4-6-15(16)22/h4-11H,12H2,1-3H3. The first-order valence-corrected chi connectivity index (χ1v) is 9.80. The second-order valence-electron chi connectivity index (χ2n) is 6.88. The van der Waals surface area contributed by atoms with Crippen molar-refractivity contribution in [3.05, 3.63) is 85.0 Å². The average Bonchev–Trinajstić information content (AvgIpc) is 3.06. The summed E-state index contributed by atoms with van der Waals surface area (Å²) in [5.41, 5.74) is 1.89. The first-order chi connectivity index (χ1) is 13.9. The highest BCUT2D eigenvalue weighted by atomic mass is 79.9. The first kappa shape index (κ1) is 19.2. The summed E-state index contributed by atoms with van der Waals surface area (Å²) in [6, 6.07) is 15.6. The van der Waals surface area contributed by atoms with Gasteiger partial charge < -0.3 is 4.74 Å². The van der Waals surface area contributed by atoms with Gasteiger partial charge in [0.15, 0.2) is 11.2 Å². The topological polar surface area (TPSA) is 71.1 Å². The van der Waals surface area contributed by atoms with Crippen LogP contribution in [-0.4, -0.2) is 18.7 Å². The molecule has 0 unspecified atom stereocenters. The van der Waals surface area contributed by atoms with E-state index in [9.17, 15) is 9.59 Å². The lowest BCUT2D eigenvalue weighted by molar-refractivity contribution is 0.419. The zero-order valence-corrected chi connectivity index (χ0v) is 17.8. The summed E-state index contributed by atoms with van der Waals surface area (Å²) in [5, 5.41) is 0. The predicted molar refractivity (Wildman–Crippen MR) is 115 cm³/mol. The third kappa shape index (κ3) is 3.40. The number of ether oxygens (including phenoxy) is 1. The lowest BCUT2D eigenvalue weighted by Gasteiger charge is -2.11. The number of rotatable bonds is 4. The SMILES string of the molecule is Cc1ccc(Cn2c(Oc3ccccc3Br)nc3c2c(=O)n(C)c(=O)n3C)cc1. The number of hydrogen-bond donors (Lipinski definition) is 0. The first-order valence-electron chi connectivity index (χ1n) is 9.01. The zero-order chi connectivity index (χ0) is 20.7. The Hall–Kier alpha value is -3.13. The highest BCUT2D eigenvalue weighted by molar-refractivity contribution is 9.10. The van der Waals surface area contributed by atoms with Crippen molar-refractivity contribution in [1.29, 1.82) is 0 Å². The van der Waals surface area contributed by atoms with Gasteiger partial charge in [0.1, 0.15) is 5.75 Å². The quantitative estimate of drug-likeness (QED) is 0.473. The van der Waals surface area contributed by atoms with Crippen LogP contribution in [0.25, 0.3) is 11.2 Å². The normalized spacial score (nSPS) is 11.2. The molecule has 2 heterocycles. The molecule has 0 spiro atoms. The molecule has 148 valence electrons. The summed E-state index contributed by atoms with van der Waals surface area (Å²) in [6.45, 7) is 2.40. The number of benzene rings is 2. The van der Waals surface area contributed by atoms with E-state index in [1.54, 1.807) is 17.7 Å². The van der Waals surface area contributed by atoms with E-state index in [0.717, 1.165) is 20.2 Å². The number of halogens is 1. The molecule has 0 amide bonds. The van der Waals surface area contributed by atoms with Crippen molar-refractivity contribution in [3.63, 3.8) is 0 Å². The number of aryl methyl sites for hydroxylation is 2. The van der Waals surface area contributed by atoms with Gasteiger partial charge in [-0.2, -0.15) is 4.98 Å². The number of para-hydroxylation sites is 1. The maximum Gasteiger partial charge on any atom is 0.332 e. The van der Waals surface area contributed by atoms with Gasteiger partial charge in [0.2, 0.25) is 0 Å². The summed E-state index contributed by atoms with van der Waals surface area (Å²) in [7, 11) is 3.05. The van der Waals surface area contributed by atoms with Crippen LogP contribution in [0.3, 0.4) is 0 Å². The molecule has 0 aliphatic carbocycles. The fraction of sp³-hybridized carbons (Fsp3) is 0.190. The van der Waals surface area contributed by atoms with Crippen LogP contribution in [0.4, 0.5) is 0 Å². The monoisotopic (exact) mass is 454 g/mol. The predicted octanol–water partition coefficient (Wildman–Crippen LogP) is 3.35. The van der Waals surface area contributed by atoms with Crippen LogP contribution in [-0.2, 0) is 20.6 Å². The molecule has 0 fully saturated rings. The third-order valence-electron chi connectivity index (χ3n) is 4.81.